The van der Waals surface area contributed by atoms with E-state index in [1.165, 1.54) is 6.07 Å². The number of hydrogen-bond acceptors (Lipinski definition) is 2. The Morgan fingerprint density at radius 2 is 1.74 bits per heavy atom. The molecule has 3 heteroatoms. The second-order valence-electron chi connectivity index (χ2n) is 4.31. The molecule has 19 heavy (non-hydrogen) atoms. The van der Waals surface area contributed by atoms with Crippen molar-refractivity contribution in [2.75, 3.05) is 13.7 Å². The maximum absolute atomic E-state index is 13.7. The van der Waals surface area contributed by atoms with Gasteiger partial charge in [-0.25, -0.2) is 4.39 Å². The van der Waals surface area contributed by atoms with Gasteiger partial charge in [0.2, 0.25) is 0 Å². The highest BCUT2D eigenvalue weighted by Gasteiger charge is 2.13. The number of nitrogens with one attached hydrogen (secondary N) is 1. The number of halogens is 1. The fourth-order valence-electron chi connectivity index (χ4n) is 2.02. The Morgan fingerprint density at radius 3 is 2.42 bits per heavy atom. The van der Waals surface area contributed by atoms with Crippen LogP contribution in [0.2, 0.25) is 0 Å². The third-order valence-corrected chi connectivity index (χ3v) is 3.05. The summed E-state index contributed by atoms with van der Waals surface area (Å²) in [6.45, 7) is 0.545. The van der Waals surface area contributed by atoms with Crippen molar-refractivity contribution < 1.29 is 9.13 Å². The van der Waals surface area contributed by atoms with Gasteiger partial charge < -0.3 is 10.1 Å². The lowest BCUT2D eigenvalue weighted by atomic mass is 10.0. The van der Waals surface area contributed by atoms with Gasteiger partial charge in [0.25, 0.3) is 0 Å². The summed E-state index contributed by atoms with van der Waals surface area (Å²) >= 11 is 0. The predicted molar refractivity (Wildman–Crippen MR) is 74.8 cm³/mol. The fourth-order valence-corrected chi connectivity index (χ4v) is 2.02. The van der Waals surface area contributed by atoms with E-state index in [0.717, 1.165) is 5.75 Å². The van der Waals surface area contributed by atoms with Crippen LogP contribution >= 0.6 is 0 Å². The molecule has 0 amide bonds. The van der Waals surface area contributed by atoms with Crippen molar-refractivity contribution in [2.45, 2.75) is 12.5 Å². The van der Waals surface area contributed by atoms with Crippen molar-refractivity contribution in [3.8, 4) is 5.75 Å². The molecule has 0 radical (unpaired) electrons. The average molecular weight is 259 g/mol. The Morgan fingerprint density at radius 1 is 1.05 bits per heavy atom. The molecule has 0 spiro atoms. The van der Waals surface area contributed by atoms with Gasteiger partial charge in [-0.1, -0.05) is 36.4 Å². The number of benzene rings is 2. The largest absolute Gasteiger partial charge is 0.494 e. The minimum absolute atomic E-state index is 0.0371. The Labute approximate surface area is 113 Å². The maximum Gasteiger partial charge on any atom is 0.127 e. The Bertz CT molecular complexity index is 501. The summed E-state index contributed by atoms with van der Waals surface area (Å²) in [5.41, 5.74) is 0.682. The van der Waals surface area contributed by atoms with E-state index < -0.39 is 0 Å². The quantitative estimate of drug-likeness (QED) is 0.856. The highest BCUT2D eigenvalue weighted by atomic mass is 19.1. The van der Waals surface area contributed by atoms with E-state index in [0.29, 0.717) is 18.6 Å². The zero-order chi connectivity index (χ0) is 13.5. The van der Waals surface area contributed by atoms with Crippen LogP contribution in [-0.4, -0.2) is 13.7 Å². The van der Waals surface area contributed by atoms with Crippen molar-refractivity contribution in [2.24, 2.45) is 0 Å². The summed E-state index contributed by atoms with van der Waals surface area (Å²) in [6.07, 6.45) is 0.715. The van der Waals surface area contributed by atoms with Gasteiger partial charge in [0.05, 0.1) is 6.61 Å². The fraction of sp³-hybridized carbons (Fsp3) is 0.250. The first-order valence-corrected chi connectivity index (χ1v) is 6.41. The van der Waals surface area contributed by atoms with E-state index in [-0.39, 0.29) is 11.9 Å². The van der Waals surface area contributed by atoms with Gasteiger partial charge in [0, 0.05) is 18.0 Å². The molecular weight excluding hydrogens is 241 g/mol. The average Bonchev–Trinajstić information content (AvgIpc) is 2.46. The van der Waals surface area contributed by atoms with Gasteiger partial charge in [-0.3, -0.25) is 0 Å². The van der Waals surface area contributed by atoms with Gasteiger partial charge in [-0.2, -0.15) is 0 Å². The number of hydrogen-bond donors (Lipinski definition) is 1. The van der Waals surface area contributed by atoms with Crippen LogP contribution in [0, 0.1) is 5.82 Å². The number of rotatable bonds is 6. The molecule has 2 aromatic rings. The monoisotopic (exact) mass is 259 g/mol. The first kappa shape index (κ1) is 13.6. The van der Waals surface area contributed by atoms with Crippen LogP contribution in [0.4, 0.5) is 4.39 Å². The summed E-state index contributed by atoms with van der Waals surface area (Å²) in [5, 5.41) is 3.13. The molecule has 0 aromatic heterocycles. The molecule has 0 saturated heterocycles. The highest BCUT2D eigenvalue weighted by Crippen LogP contribution is 2.20. The van der Waals surface area contributed by atoms with Crippen molar-refractivity contribution in [1.29, 1.82) is 0 Å². The van der Waals surface area contributed by atoms with Gasteiger partial charge in [0.1, 0.15) is 11.6 Å². The van der Waals surface area contributed by atoms with Gasteiger partial charge in [0.15, 0.2) is 0 Å². The predicted octanol–water partition coefficient (Wildman–Crippen LogP) is 3.56. The molecule has 2 nitrogen and oxygen atoms in total. The van der Waals surface area contributed by atoms with Gasteiger partial charge in [-0.05, 0) is 25.2 Å². The molecule has 1 unspecified atom stereocenters. The summed E-state index contributed by atoms with van der Waals surface area (Å²) in [4.78, 5) is 0. The van der Waals surface area contributed by atoms with E-state index in [4.69, 9.17) is 4.74 Å². The van der Waals surface area contributed by atoms with Crippen LogP contribution in [0.3, 0.4) is 0 Å². The number of ether oxygens (including phenoxy) is 1. The molecule has 1 N–H and O–H groups in total. The molecule has 2 rings (SSSR count). The third-order valence-electron chi connectivity index (χ3n) is 3.05. The molecule has 0 aliphatic carbocycles. The van der Waals surface area contributed by atoms with Crippen LogP contribution < -0.4 is 10.1 Å². The van der Waals surface area contributed by atoms with Crippen molar-refractivity contribution in [1.82, 2.24) is 5.32 Å². The second-order valence-corrected chi connectivity index (χ2v) is 4.31. The molecule has 0 saturated carbocycles. The summed E-state index contributed by atoms with van der Waals surface area (Å²) < 4.78 is 19.3. The minimum Gasteiger partial charge on any atom is -0.494 e. The smallest absolute Gasteiger partial charge is 0.127 e. The lowest BCUT2D eigenvalue weighted by molar-refractivity contribution is 0.288. The van der Waals surface area contributed by atoms with Crippen LogP contribution in [0.1, 0.15) is 18.0 Å². The summed E-state index contributed by atoms with van der Waals surface area (Å²) in [7, 11) is 1.83. The summed E-state index contributed by atoms with van der Waals surface area (Å²) in [6, 6.07) is 16.4. The Balaban J connectivity index is 1.92. The van der Waals surface area contributed by atoms with E-state index in [2.05, 4.69) is 5.32 Å². The minimum atomic E-state index is -0.179. The molecule has 0 heterocycles. The molecule has 100 valence electrons. The van der Waals surface area contributed by atoms with Crippen LogP contribution in [0.25, 0.3) is 0 Å². The van der Waals surface area contributed by atoms with Crippen LogP contribution in [-0.2, 0) is 0 Å². The molecule has 0 aliphatic rings. The normalized spacial score (nSPS) is 12.1. The SMILES string of the molecule is CNC(CCOc1ccccc1)c1ccccc1F. The van der Waals surface area contributed by atoms with Crippen LogP contribution in [0.5, 0.6) is 5.75 Å². The van der Waals surface area contributed by atoms with Crippen molar-refractivity contribution >= 4 is 0 Å². The van der Waals surface area contributed by atoms with Gasteiger partial charge in [-0.15, -0.1) is 0 Å². The lowest BCUT2D eigenvalue weighted by Crippen LogP contribution is -2.20. The van der Waals surface area contributed by atoms with E-state index in [1.54, 1.807) is 12.1 Å². The molecular formula is C16H18FNO. The first-order chi connectivity index (χ1) is 9.31. The molecule has 1 atom stereocenters. The van der Waals surface area contributed by atoms with Crippen molar-refractivity contribution in [3.63, 3.8) is 0 Å². The van der Waals surface area contributed by atoms with Gasteiger partial charge >= 0.3 is 0 Å². The topological polar surface area (TPSA) is 21.3 Å². The number of para-hydroxylation sites is 1. The Hall–Kier alpha value is -1.87. The third kappa shape index (κ3) is 3.80. The molecule has 0 aliphatic heterocycles. The Kier molecular flexibility index (Phi) is 4.93. The van der Waals surface area contributed by atoms with E-state index in [1.807, 2.05) is 43.4 Å². The van der Waals surface area contributed by atoms with Crippen LogP contribution in [0.15, 0.2) is 54.6 Å². The zero-order valence-corrected chi connectivity index (χ0v) is 11.0. The summed E-state index contributed by atoms with van der Waals surface area (Å²) in [5.74, 6) is 0.660. The van der Waals surface area contributed by atoms with E-state index >= 15 is 0 Å². The van der Waals surface area contributed by atoms with Crippen molar-refractivity contribution in [3.05, 3.63) is 66.0 Å². The zero-order valence-electron chi connectivity index (χ0n) is 11.0. The van der Waals surface area contributed by atoms with E-state index in [9.17, 15) is 4.39 Å². The molecule has 0 bridgehead atoms. The highest BCUT2D eigenvalue weighted by molar-refractivity contribution is 5.22. The maximum atomic E-state index is 13.7. The molecule has 0 fully saturated rings. The standard InChI is InChI=1S/C16H18FNO/c1-18-16(14-9-5-6-10-15(14)17)11-12-19-13-7-3-2-4-8-13/h2-10,16,18H,11-12H2,1H3. The lowest BCUT2D eigenvalue weighted by Gasteiger charge is -2.17. The second kappa shape index (κ2) is 6.90. The first-order valence-electron chi connectivity index (χ1n) is 6.41. The molecule has 2 aromatic carbocycles.